The third kappa shape index (κ3) is 4.52. The number of carbonyl (C=O) groups is 2. The highest BCUT2D eigenvalue weighted by Gasteiger charge is 2.26. The number of fused-ring (bicyclic) bond motifs is 1. The van der Waals surface area contributed by atoms with E-state index in [2.05, 4.69) is 16.8 Å². The second-order valence-electron chi connectivity index (χ2n) is 6.61. The predicted molar refractivity (Wildman–Crippen MR) is 106 cm³/mol. The lowest BCUT2D eigenvalue weighted by molar-refractivity contribution is -0.117. The molecule has 1 N–H and O–H groups in total. The van der Waals surface area contributed by atoms with Crippen molar-refractivity contribution >= 4 is 39.6 Å². The van der Waals surface area contributed by atoms with Crippen LogP contribution < -0.4 is 5.32 Å². The Kier molecular flexibility index (Phi) is 6.45. The van der Waals surface area contributed by atoms with Gasteiger partial charge in [0.15, 0.2) is 0 Å². The van der Waals surface area contributed by atoms with E-state index in [-0.39, 0.29) is 18.4 Å². The van der Waals surface area contributed by atoms with Gasteiger partial charge in [-0.2, -0.15) is 11.3 Å². The number of ether oxygens (including phenoxy) is 1. The first-order valence-corrected chi connectivity index (χ1v) is 10.6. The zero-order valence-corrected chi connectivity index (χ0v) is 16.8. The number of hydrogen-bond donors (Lipinski definition) is 1. The summed E-state index contributed by atoms with van der Waals surface area (Å²) in [6.07, 6.45) is 5.23. The third-order valence-electron chi connectivity index (χ3n) is 4.51. The van der Waals surface area contributed by atoms with Gasteiger partial charge >= 0.3 is 5.97 Å². The Hall–Kier alpha value is -1.70. The Bertz CT molecular complexity index is 768. The highest BCUT2D eigenvalue weighted by Crippen LogP contribution is 2.37. The first-order valence-electron chi connectivity index (χ1n) is 8.80. The lowest BCUT2D eigenvalue weighted by Crippen LogP contribution is -2.30. The number of rotatable bonds is 6. The maximum Gasteiger partial charge on any atom is 0.341 e. The van der Waals surface area contributed by atoms with Crippen molar-refractivity contribution in [3.05, 3.63) is 38.4 Å². The molecule has 0 aliphatic heterocycles. The number of amides is 1. The highest BCUT2D eigenvalue weighted by atomic mass is 32.1. The smallest absolute Gasteiger partial charge is 0.341 e. The summed E-state index contributed by atoms with van der Waals surface area (Å²) in [7, 11) is 3.31. The van der Waals surface area contributed by atoms with Gasteiger partial charge in [0.05, 0.1) is 19.2 Å². The van der Waals surface area contributed by atoms with Crippen LogP contribution in [-0.2, 0) is 28.9 Å². The molecule has 0 saturated carbocycles. The molecule has 26 heavy (non-hydrogen) atoms. The number of esters is 1. The third-order valence-corrected chi connectivity index (χ3v) is 6.45. The van der Waals surface area contributed by atoms with Gasteiger partial charge in [0.2, 0.25) is 5.91 Å². The zero-order valence-electron chi connectivity index (χ0n) is 15.2. The molecule has 1 aliphatic carbocycles. The standard InChI is InChI=1S/C19H24N2O3S2/c1-21(10-13-8-9-25-12-13)11-16(22)20-18-17(19(23)24-2)14-6-4-3-5-7-15(14)26-18/h8-9,12H,3-7,10-11H2,1-2H3,(H,20,22). The van der Waals surface area contributed by atoms with Crippen molar-refractivity contribution in [2.45, 2.75) is 38.6 Å². The van der Waals surface area contributed by atoms with E-state index in [1.807, 2.05) is 17.3 Å². The second-order valence-corrected chi connectivity index (χ2v) is 8.50. The fraction of sp³-hybridized carbons (Fsp3) is 0.474. The number of thiophene rings is 2. The molecule has 0 spiro atoms. The van der Waals surface area contributed by atoms with Crippen molar-refractivity contribution in [1.29, 1.82) is 0 Å². The van der Waals surface area contributed by atoms with Gasteiger partial charge in [-0.3, -0.25) is 9.69 Å². The Balaban J connectivity index is 1.72. The summed E-state index contributed by atoms with van der Waals surface area (Å²) >= 11 is 3.18. The molecule has 1 aliphatic rings. The van der Waals surface area contributed by atoms with Crippen LogP contribution in [0.1, 0.15) is 45.6 Å². The molecule has 1 amide bonds. The molecule has 2 aromatic heterocycles. The largest absolute Gasteiger partial charge is 0.465 e. The molecule has 0 unspecified atom stereocenters. The van der Waals surface area contributed by atoms with E-state index < -0.39 is 0 Å². The van der Waals surface area contributed by atoms with E-state index in [9.17, 15) is 9.59 Å². The van der Waals surface area contributed by atoms with Crippen LogP contribution in [0.15, 0.2) is 16.8 Å². The SMILES string of the molecule is COC(=O)c1c(NC(=O)CN(C)Cc2ccsc2)sc2c1CCCCC2. The van der Waals surface area contributed by atoms with Crippen LogP contribution >= 0.6 is 22.7 Å². The van der Waals surface area contributed by atoms with E-state index in [0.717, 1.165) is 37.8 Å². The predicted octanol–water partition coefficient (Wildman–Crippen LogP) is 3.94. The molecular formula is C19H24N2O3S2. The minimum Gasteiger partial charge on any atom is -0.465 e. The summed E-state index contributed by atoms with van der Waals surface area (Å²) in [5.74, 6) is -0.462. The molecule has 2 aromatic rings. The van der Waals surface area contributed by atoms with Crippen LogP contribution in [0.4, 0.5) is 5.00 Å². The van der Waals surface area contributed by atoms with Gasteiger partial charge in [-0.1, -0.05) is 6.42 Å². The molecular weight excluding hydrogens is 368 g/mol. The number of aryl methyl sites for hydroxylation is 1. The fourth-order valence-corrected chi connectivity index (χ4v) is 5.26. The van der Waals surface area contributed by atoms with Crippen LogP contribution in [0, 0.1) is 0 Å². The van der Waals surface area contributed by atoms with Crippen LogP contribution in [0.3, 0.4) is 0 Å². The second kappa shape index (κ2) is 8.79. The van der Waals surface area contributed by atoms with Crippen LogP contribution in [0.2, 0.25) is 0 Å². The number of hydrogen-bond acceptors (Lipinski definition) is 6. The molecule has 3 rings (SSSR count). The zero-order chi connectivity index (χ0) is 18.5. The van der Waals surface area contributed by atoms with Gasteiger partial charge in [-0.05, 0) is 60.7 Å². The van der Waals surface area contributed by atoms with Gasteiger partial charge in [0.1, 0.15) is 5.00 Å². The average Bonchev–Trinajstić information content (AvgIpc) is 3.16. The maximum absolute atomic E-state index is 12.5. The molecule has 140 valence electrons. The van der Waals surface area contributed by atoms with Gasteiger partial charge < -0.3 is 10.1 Å². The van der Waals surface area contributed by atoms with Crippen molar-refractivity contribution in [2.75, 3.05) is 26.0 Å². The molecule has 0 bridgehead atoms. The number of carbonyl (C=O) groups excluding carboxylic acids is 2. The molecule has 7 heteroatoms. The number of methoxy groups -OCH3 is 1. The maximum atomic E-state index is 12.5. The van der Waals surface area contributed by atoms with E-state index >= 15 is 0 Å². The Morgan fingerprint density at radius 2 is 2.08 bits per heavy atom. The van der Waals surface area contributed by atoms with Crippen molar-refractivity contribution < 1.29 is 14.3 Å². The minimum absolute atomic E-state index is 0.107. The normalized spacial score (nSPS) is 14.0. The molecule has 0 radical (unpaired) electrons. The fourth-order valence-electron chi connectivity index (χ4n) is 3.31. The lowest BCUT2D eigenvalue weighted by atomic mass is 10.1. The monoisotopic (exact) mass is 392 g/mol. The van der Waals surface area contributed by atoms with Crippen molar-refractivity contribution in [1.82, 2.24) is 4.90 Å². The van der Waals surface area contributed by atoms with Crippen LogP contribution in [0.25, 0.3) is 0 Å². The van der Waals surface area contributed by atoms with Crippen molar-refractivity contribution in [3.63, 3.8) is 0 Å². The quantitative estimate of drug-likeness (QED) is 0.598. The minimum atomic E-state index is -0.355. The van der Waals surface area contributed by atoms with E-state index in [0.29, 0.717) is 10.6 Å². The summed E-state index contributed by atoms with van der Waals surface area (Å²) in [5, 5.41) is 7.71. The van der Waals surface area contributed by atoms with Gasteiger partial charge in [0.25, 0.3) is 0 Å². The summed E-state index contributed by atoms with van der Waals surface area (Å²) < 4.78 is 4.98. The molecule has 0 fully saturated rings. The van der Waals surface area contributed by atoms with Crippen molar-refractivity contribution in [2.24, 2.45) is 0 Å². The van der Waals surface area contributed by atoms with E-state index in [4.69, 9.17) is 4.74 Å². The topological polar surface area (TPSA) is 58.6 Å². The average molecular weight is 393 g/mol. The molecule has 0 aromatic carbocycles. The number of anilines is 1. The van der Waals surface area contributed by atoms with Crippen LogP contribution in [0.5, 0.6) is 0 Å². The molecule has 5 nitrogen and oxygen atoms in total. The summed E-state index contributed by atoms with van der Waals surface area (Å²) in [6.45, 7) is 1.00. The van der Waals surface area contributed by atoms with E-state index in [1.165, 1.54) is 35.3 Å². The number of nitrogens with zero attached hydrogens (tertiary/aromatic N) is 1. The first-order chi connectivity index (χ1) is 12.6. The lowest BCUT2D eigenvalue weighted by Gasteiger charge is -2.15. The van der Waals surface area contributed by atoms with Gasteiger partial charge in [-0.25, -0.2) is 4.79 Å². The molecule has 2 heterocycles. The van der Waals surface area contributed by atoms with Gasteiger partial charge in [-0.15, -0.1) is 11.3 Å². The molecule has 0 saturated heterocycles. The Morgan fingerprint density at radius 3 is 2.81 bits per heavy atom. The number of nitrogens with one attached hydrogen (secondary N) is 1. The summed E-state index contributed by atoms with van der Waals surface area (Å²) in [6, 6.07) is 2.06. The Morgan fingerprint density at radius 1 is 1.27 bits per heavy atom. The first kappa shape index (κ1) is 19.1. The highest BCUT2D eigenvalue weighted by molar-refractivity contribution is 7.17. The summed E-state index contributed by atoms with van der Waals surface area (Å²) in [5.41, 5.74) is 2.83. The van der Waals surface area contributed by atoms with Crippen LogP contribution in [-0.4, -0.2) is 37.5 Å². The number of likely N-dealkylation sites (N-methyl/N-ethyl adjacent to an activating group) is 1. The molecule has 0 atom stereocenters. The van der Waals surface area contributed by atoms with E-state index in [1.54, 1.807) is 11.3 Å². The summed E-state index contributed by atoms with van der Waals surface area (Å²) in [4.78, 5) is 28.0. The Labute approximate surface area is 162 Å². The van der Waals surface area contributed by atoms with Crippen molar-refractivity contribution in [3.8, 4) is 0 Å². The van der Waals surface area contributed by atoms with Gasteiger partial charge in [0, 0.05) is 11.4 Å².